The molecule has 0 amide bonds. The molecule has 0 aliphatic heterocycles. The second-order valence-electron chi connectivity index (χ2n) is 4.23. The first-order chi connectivity index (χ1) is 8.75. The number of hydrogen-bond donors (Lipinski definition) is 1. The van der Waals surface area contributed by atoms with Gasteiger partial charge in [-0.2, -0.15) is 0 Å². The molecular formula is C14H18N2OS. The van der Waals surface area contributed by atoms with Crippen LogP contribution in [-0.2, 0) is 6.54 Å². The van der Waals surface area contributed by atoms with Crippen molar-refractivity contribution < 1.29 is 4.74 Å². The van der Waals surface area contributed by atoms with Gasteiger partial charge >= 0.3 is 0 Å². The van der Waals surface area contributed by atoms with Crippen molar-refractivity contribution in [3.8, 4) is 5.75 Å². The van der Waals surface area contributed by atoms with Crippen LogP contribution in [0.3, 0.4) is 0 Å². The van der Waals surface area contributed by atoms with Gasteiger partial charge in [0.2, 0.25) is 0 Å². The van der Waals surface area contributed by atoms with Crippen molar-refractivity contribution in [3.63, 3.8) is 0 Å². The highest BCUT2D eigenvalue weighted by atomic mass is 32.1. The molecule has 1 atom stereocenters. The topological polar surface area (TPSA) is 34.1 Å². The van der Waals surface area contributed by atoms with Gasteiger partial charge in [0.15, 0.2) is 0 Å². The molecule has 2 rings (SSSR count). The highest BCUT2D eigenvalue weighted by Gasteiger charge is 2.06. The van der Waals surface area contributed by atoms with Crippen LogP contribution >= 0.6 is 11.3 Å². The van der Waals surface area contributed by atoms with E-state index in [4.69, 9.17) is 4.74 Å². The molecule has 18 heavy (non-hydrogen) atoms. The summed E-state index contributed by atoms with van der Waals surface area (Å²) in [5, 5.41) is 5.49. The molecule has 0 saturated carbocycles. The highest BCUT2D eigenvalue weighted by Crippen LogP contribution is 2.15. The lowest BCUT2D eigenvalue weighted by atomic mass is 10.3. The van der Waals surface area contributed by atoms with Crippen molar-refractivity contribution in [1.82, 2.24) is 10.3 Å². The SMILES string of the molecule is Cc1ncccc1OC(C)CNCc1cccs1. The molecule has 0 spiro atoms. The summed E-state index contributed by atoms with van der Waals surface area (Å²) in [5.41, 5.74) is 0.933. The summed E-state index contributed by atoms with van der Waals surface area (Å²) in [6.07, 6.45) is 1.91. The zero-order valence-corrected chi connectivity index (χ0v) is 11.5. The number of rotatable bonds is 6. The molecule has 0 aliphatic rings. The first kappa shape index (κ1) is 13.1. The van der Waals surface area contributed by atoms with E-state index in [9.17, 15) is 0 Å². The second-order valence-corrected chi connectivity index (χ2v) is 5.26. The van der Waals surface area contributed by atoms with Crippen molar-refractivity contribution in [1.29, 1.82) is 0 Å². The fraction of sp³-hybridized carbons (Fsp3) is 0.357. The number of thiophene rings is 1. The number of nitrogens with zero attached hydrogens (tertiary/aromatic N) is 1. The minimum Gasteiger partial charge on any atom is -0.487 e. The summed E-state index contributed by atoms with van der Waals surface area (Å²) in [6.45, 7) is 5.75. The van der Waals surface area contributed by atoms with Gasteiger partial charge in [-0.1, -0.05) is 6.07 Å². The summed E-state index contributed by atoms with van der Waals surface area (Å²) < 4.78 is 5.84. The Morgan fingerprint density at radius 1 is 1.39 bits per heavy atom. The lowest BCUT2D eigenvalue weighted by Crippen LogP contribution is -2.28. The van der Waals surface area contributed by atoms with Crippen LogP contribution in [0.4, 0.5) is 0 Å². The van der Waals surface area contributed by atoms with Crippen molar-refractivity contribution in [2.75, 3.05) is 6.54 Å². The van der Waals surface area contributed by atoms with E-state index in [0.717, 1.165) is 24.5 Å². The number of nitrogens with one attached hydrogen (secondary N) is 1. The van der Waals surface area contributed by atoms with Crippen molar-refractivity contribution in [2.24, 2.45) is 0 Å². The summed E-state index contributed by atoms with van der Waals surface area (Å²) in [5.74, 6) is 0.864. The molecule has 0 bridgehead atoms. The Morgan fingerprint density at radius 2 is 2.28 bits per heavy atom. The van der Waals surface area contributed by atoms with Gasteiger partial charge in [-0.25, -0.2) is 0 Å². The second kappa shape index (κ2) is 6.52. The third kappa shape index (κ3) is 3.82. The minimum atomic E-state index is 0.132. The van der Waals surface area contributed by atoms with Gasteiger partial charge < -0.3 is 10.1 Å². The summed E-state index contributed by atoms with van der Waals surface area (Å²) in [4.78, 5) is 5.56. The molecular weight excluding hydrogens is 244 g/mol. The number of pyridine rings is 1. The maximum atomic E-state index is 5.84. The highest BCUT2D eigenvalue weighted by molar-refractivity contribution is 7.09. The van der Waals surface area contributed by atoms with E-state index in [1.54, 1.807) is 17.5 Å². The third-order valence-electron chi connectivity index (χ3n) is 2.60. The molecule has 2 aromatic rings. The van der Waals surface area contributed by atoms with Crippen LogP contribution in [0.25, 0.3) is 0 Å². The van der Waals surface area contributed by atoms with Crippen LogP contribution in [0.15, 0.2) is 35.8 Å². The predicted octanol–water partition coefficient (Wildman–Crippen LogP) is 3.01. The van der Waals surface area contributed by atoms with E-state index in [-0.39, 0.29) is 6.10 Å². The van der Waals surface area contributed by atoms with E-state index in [0.29, 0.717) is 0 Å². The Bertz CT molecular complexity index is 470. The number of ether oxygens (including phenoxy) is 1. The Kier molecular flexibility index (Phi) is 4.73. The van der Waals surface area contributed by atoms with Gasteiger partial charge in [0.1, 0.15) is 11.9 Å². The predicted molar refractivity (Wildman–Crippen MR) is 75.1 cm³/mol. The maximum Gasteiger partial charge on any atom is 0.140 e. The summed E-state index contributed by atoms with van der Waals surface area (Å²) >= 11 is 1.77. The van der Waals surface area contributed by atoms with Crippen LogP contribution in [0.1, 0.15) is 17.5 Å². The minimum absolute atomic E-state index is 0.132. The lowest BCUT2D eigenvalue weighted by Gasteiger charge is -2.16. The Hall–Kier alpha value is -1.39. The van der Waals surface area contributed by atoms with Crippen molar-refractivity contribution in [2.45, 2.75) is 26.5 Å². The summed E-state index contributed by atoms with van der Waals surface area (Å²) in [6, 6.07) is 8.06. The van der Waals surface area contributed by atoms with Gasteiger partial charge in [0.25, 0.3) is 0 Å². The van der Waals surface area contributed by atoms with Crippen LogP contribution in [0, 0.1) is 6.92 Å². The molecule has 0 aromatic carbocycles. The third-order valence-corrected chi connectivity index (χ3v) is 3.47. The number of aryl methyl sites for hydroxylation is 1. The molecule has 96 valence electrons. The van der Waals surface area contributed by atoms with E-state index in [2.05, 4.69) is 34.7 Å². The van der Waals surface area contributed by atoms with Gasteiger partial charge in [0.05, 0.1) is 5.69 Å². The van der Waals surface area contributed by atoms with Gasteiger partial charge in [-0.15, -0.1) is 11.3 Å². The molecule has 4 heteroatoms. The smallest absolute Gasteiger partial charge is 0.140 e. The molecule has 0 radical (unpaired) electrons. The number of aromatic nitrogens is 1. The fourth-order valence-electron chi connectivity index (χ4n) is 1.66. The molecule has 1 unspecified atom stereocenters. The standard InChI is InChI=1S/C14H18N2OS/c1-11(9-15-10-13-5-4-8-18-13)17-14-6-3-7-16-12(14)2/h3-8,11,15H,9-10H2,1-2H3. The average Bonchev–Trinajstić information content (AvgIpc) is 2.85. The zero-order chi connectivity index (χ0) is 12.8. The molecule has 0 fully saturated rings. The van der Waals surface area contributed by atoms with Crippen molar-refractivity contribution in [3.05, 3.63) is 46.4 Å². The molecule has 0 saturated heterocycles. The van der Waals surface area contributed by atoms with E-state index in [1.807, 2.05) is 19.1 Å². The zero-order valence-electron chi connectivity index (χ0n) is 10.7. The van der Waals surface area contributed by atoms with Crippen molar-refractivity contribution >= 4 is 11.3 Å². The molecule has 1 N–H and O–H groups in total. The molecule has 0 aliphatic carbocycles. The van der Waals surface area contributed by atoms with Crippen LogP contribution in [0.2, 0.25) is 0 Å². The monoisotopic (exact) mass is 262 g/mol. The quantitative estimate of drug-likeness (QED) is 0.869. The summed E-state index contributed by atoms with van der Waals surface area (Å²) in [7, 11) is 0. The lowest BCUT2D eigenvalue weighted by molar-refractivity contribution is 0.214. The van der Waals surface area contributed by atoms with Gasteiger partial charge in [-0.3, -0.25) is 4.98 Å². The average molecular weight is 262 g/mol. The Balaban J connectivity index is 1.75. The first-order valence-electron chi connectivity index (χ1n) is 6.07. The van der Waals surface area contributed by atoms with Crippen LogP contribution < -0.4 is 10.1 Å². The fourth-order valence-corrected chi connectivity index (χ4v) is 2.34. The van der Waals surface area contributed by atoms with Crippen LogP contribution in [0.5, 0.6) is 5.75 Å². The molecule has 2 heterocycles. The van der Waals surface area contributed by atoms with E-state index < -0.39 is 0 Å². The molecule has 2 aromatic heterocycles. The molecule has 3 nitrogen and oxygen atoms in total. The van der Waals surface area contributed by atoms with Gasteiger partial charge in [-0.05, 0) is 37.4 Å². The maximum absolute atomic E-state index is 5.84. The Morgan fingerprint density at radius 3 is 3.00 bits per heavy atom. The normalized spacial score (nSPS) is 12.3. The van der Waals surface area contributed by atoms with Crippen LogP contribution in [-0.4, -0.2) is 17.6 Å². The van der Waals surface area contributed by atoms with E-state index >= 15 is 0 Å². The number of hydrogen-bond acceptors (Lipinski definition) is 4. The van der Waals surface area contributed by atoms with E-state index in [1.165, 1.54) is 4.88 Å². The van der Waals surface area contributed by atoms with Gasteiger partial charge in [0, 0.05) is 24.2 Å². The largest absolute Gasteiger partial charge is 0.487 e. The first-order valence-corrected chi connectivity index (χ1v) is 6.95. The Labute approximate surface area is 112 Å².